The molecule has 0 bridgehead atoms. The molecule has 4 rings (SSSR count). The van der Waals surface area contributed by atoms with Crippen molar-refractivity contribution in [2.24, 2.45) is 0 Å². The number of ether oxygens (including phenoxy) is 3. The molecule has 0 radical (unpaired) electrons. The van der Waals surface area contributed by atoms with Crippen molar-refractivity contribution < 1.29 is 29.0 Å². The van der Waals surface area contributed by atoms with Gasteiger partial charge in [-0.3, -0.25) is 15.0 Å². The van der Waals surface area contributed by atoms with E-state index in [4.69, 9.17) is 14.2 Å². The number of rotatable bonds is 11. The highest BCUT2D eigenvalue weighted by molar-refractivity contribution is 5.92. The first kappa shape index (κ1) is 36.6. The second-order valence-electron chi connectivity index (χ2n) is 10.6. The van der Waals surface area contributed by atoms with Gasteiger partial charge in [0.1, 0.15) is 12.7 Å². The summed E-state index contributed by atoms with van der Waals surface area (Å²) in [5.41, 5.74) is 2.72. The molecule has 0 aliphatic carbocycles. The molecule has 0 aromatic heterocycles. The van der Waals surface area contributed by atoms with Crippen LogP contribution in [0.1, 0.15) is 38.7 Å². The summed E-state index contributed by atoms with van der Waals surface area (Å²) < 4.78 is 15.7. The van der Waals surface area contributed by atoms with Crippen molar-refractivity contribution in [3.05, 3.63) is 87.3 Å². The summed E-state index contributed by atoms with van der Waals surface area (Å²) in [6, 6.07) is 13.8. The molecule has 2 heterocycles. The number of non-ortho nitro benzene ring substituents is 1. The number of carbonyl (C=O) groups excluding carboxylic acids is 1. The number of aliphatic hydroxyl groups is 1. The number of benzene rings is 2. The summed E-state index contributed by atoms with van der Waals surface area (Å²) in [6.07, 6.45) is 2.58. The van der Waals surface area contributed by atoms with Crippen LogP contribution in [0.2, 0.25) is 0 Å². The first-order valence-corrected chi connectivity index (χ1v) is 14.5. The molecule has 0 amide bonds. The van der Waals surface area contributed by atoms with Crippen molar-refractivity contribution in [3.8, 4) is 11.5 Å². The van der Waals surface area contributed by atoms with Crippen molar-refractivity contribution >= 4 is 24.1 Å². The number of hydrogen-bond donors (Lipinski definition) is 2. The molecule has 11 nitrogen and oxygen atoms in total. The molecule has 1 fully saturated rings. The zero-order chi connectivity index (χ0) is 31.4. The Hall–Kier alpha value is -3.64. The summed E-state index contributed by atoms with van der Waals surface area (Å²) in [6.45, 7) is 12.2. The number of nitro benzene ring substituents is 1. The average Bonchev–Trinajstić information content (AvgIpc) is 3.01. The van der Waals surface area contributed by atoms with E-state index in [2.05, 4.69) is 22.0 Å². The summed E-state index contributed by atoms with van der Waals surface area (Å²) in [5, 5.41) is 24.2. The number of nitrogens with zero attached hydrogens (tertiary/aromatic N) is 3. The molecule has 242 valence electrons. The summed E-state index contributed by atoms with van der Waals surface area (Å²) in [5.74, 6) is 0.568. The highest BCUT2D eigenvalue weighted by Gasteiger charge is 2.28. The van der Waals surface area contributed by atoms with Crippen LogP contribution in [0.15, 0.2) is 71.6 Å². The lowest BCUT2D eigenvalue weighted by Crippen LogP contribution is -2.49. The topological polar surface area (TPSA) is 127 Å². The minimum atomic E-state index is -0.484. The first-order valence-electron chi connectivity index (χ1n) is 14.5. The van der Waals surface area contributed by atoms with Crippen LogP contribution in [0.4, 0.5) is 5.69 Å². The maximum absolute atomic E-state index is 12.0. The molecule has 2 N–H and O–H groups in total. The minimum absolute atomic E-state index is 0. The van der Waals surface area contributed by atoms with Gasteiger partial charge in [-0.25, -0.2) is 4.79 Å². The number of para-hydroxylation sites is 2. The molecule has 1 saturated heterocycles. The number of β-amino-alcohol motifs (C(OH)–C–C–N with tert-alkyl or cyclic N) is 1. The van der Waals surface area contributed by atoms with E-state index in [0.29, 0.717) is 34.9 Å². The van der Waals surface area contributed by atoms with Crippen LogP contribution in [-0.2, 0) is 9.53 Å². The van der Waals surface area contributed by atoms with Crippen LogP contribution in [0.3, 0.4) is 0 Å². The Morgan fingerprint density at radius 1 is 1.07 bits per heavy atom. The zero-order valence-corrected chi connectivity index (χ0v) is 27.0. The number of nitro groups is 1. The van der Waals surface area contributed by atoms with Gasteiger partial charge in [0, 0.05) is 62.2 Å². The predicted molar refractivity (Wildman–Crippen MR) is 172 cm³/mol. The van der Waals surface area contributed by atoms with E-state index < -0.39 is 17.0 Å². The highest BCUT2D eigenvalue weighted by Crippen LogP contribution is 2.34. The van der Waals surface area contributed by atoms with Gasteiger partial charge in [0.2, 0.25) is 0 Å². The molecule has 2 aromatic carbocycles. The van der Waals surface area contributed by atoms with Crippen molar-refractivity contribution in [3.63, 3.8) is 0 Å². The lowest BCUT2D eigenvalue weighted by Gasteiger charge is -2.35. The Balaban J connectivity index is 0.000000300. The van der Waals surface area contributed by atoms with Crippen LogP contribution < -0.4 is 14.8 Å². The number of carbonyl (C=O) groups is 1. The van der Waals surface area contributed by atoms with Crippen molar-refractivity contribution in [1.29, 1.82) is 0 Å². The van der Waals surface area contributed by atoms with Gasteiger partial charge in [0.25, 0.3) is 5.69 Å². The van der Waals surface area contributed by atoms with E-state index in [-0.39, 0.29) is 30.6 Å². The largest absolute Gasteiger partial charge is 0.493 e. The predicted octanol–water partition coefficient (Wildman–Crippen LogP) is 4.52. The van der Waals surface area contributed by atoms with Gasteiger partial charge >= 0.3 is 5.97 Å². The second-order valence-corrected chi connectivity index (χ2v) is 10.6. The Kier molecular flexibility index (Phi) is 15.1. The number of piperazine rings is 1. The van der Waals surface area contributed by atoms with Crippen LogP contribution >= 0.6 is 12.4 Å². The Morgan fingerprint density at radius 3 is 2.34 bits per heavy atom. The van der Waals surface area contributed by atoms with Crippen LogP contribution in [0.25, 0.3) is 0 Å². The van der Waals surface area contributed by atoms with Crippen molar-refractivity contribution in [2.45, 2.75) is 39.2 Å². The van der Waals surface area contributed by atoms with Gasteiger partial charge in [0.05, 0.1) is 24.7 Å². The number of hydrogen-bond acceptors (Lipinski definition) is 10. The highest BCUT2D eigenvalue weighted by atomic mass is 35.5. The lowest BCUT2D eigenvalue weighted by atomic mass is 9.86. The van der Waals surface area contributed by atoms with Crippen LogP contribution in [-0.4, -0.2) is 92.0 Å². The maximum atomic E-state index is 12.0. The standard InChI is InChI=1S/C17H28N2O3.C15H16N2O4.ClH/c1-3-8-18-9-11-19(12-10-18)13-15(20)14-22-17-7-5-4-6-16(17)21-2;1-9-7-13(14(10(2)16-9)15(18)21-3)11-5-4-6-12(8-11)17(19)20;/h4-7,15,20H,3,8-14H2,1-2H3;4-8,13,16H,1-3H3;1H. The van der Waals surface area contributed by atoms with Gasteiger partial charge in [-0.2, -0.15) is 0 Å². The third-order valence-electron chi connectivity index (χ3n) is 7.34. The van der Waals surface area contributed by atoms with Crippen LogP contribution in [0, 0.1) is 10.1 Å². The minimum Gasteiger partial charge on any atom is -0.493 e. The van der Waals surface area contributed by atoms with Crippen molar-refractivity contribution in [1.82, 2.24) is 15.1 Å². The fourth-order valence-corrected chi connectivity index (χ4v) is 5.24. The Bertz CT molecular complexity index is 1290. The van der Waals surface area contributed by atoms with Crippen LogP contribution in [0.5, 0.6) is 11.5 Å². The van der Waals surface area contributed by atoms with Gasteiger partial charge < -0.3 is 29.5 Å². The molecule has 2 aromatic rings. The number of nitrogens with one attached hydrogen (secondary N) is 1. The van der Waals surface area contributed by atoms with E-state index in [1.54, 1.807) is 26.2 Å². The molecule has 0 saturated carbocycles. The molecular formula is C32H45ClN4O7. The van der Waals surface area contributed by atoms with E-state index in [1.807, 2.05) is 37.3 Å². The Morgan fingerprint density at radius 2 is 1.73 bits per heavy atom. The van der Waals surface area contributed by atoms with Gasteiger partial charge in [-0.05, 0) is 44.5 Å². The molecule has 2 unspecified atom stereocenters. The van der Waals surface area contributed by atoms with Gasteiger partial charge in [-0.15, -0.1) is 12.4 Å². The lowest BCUT2D eigenvalue weighted by molar-refractivity contribution is -0.384. The number of methoxy groups -OCH3 is 2. The summed E-state index contributed by atoms with van der Waals surface area (Å²) in [4.78, 5) is 27.3. The van der Waals surface area contributed by atoms with Gasteiger partial charge in [0.15, 0.2) is 11.5 Å². The summed E-state index contributed by atoms with van der Waals surface area (Å²) in [7, 11) is 2.94. The van der Waals surface area contributed by atoms with Crippen molar-refractivity contribution in [2.75, 3.05) is 60.1 Å². The molecule has 12 heteroatoms. The molecule has 44 heavy (non-hydrogen) atoms. The van der Waals surface area contributed by atoms with E-state index in [9.17, 15) is 20.0 Å². The zero-order valence-electron chi connectivity index (χ0n) is 26.2. The fourth-order valence-electron chi connectivity index (χ4n) is 5.24. The number of esters is 1. The third kappa shape index (κ3) is 10.5. The second kappa shape index (κ2) is 18.2. The fraction of sp³-hybridized carbons (Fsp3) is 0.469. The monoisotopic (exact) mass is 632 g/mol. The molecule has 0 spiro atoms. The normalized spacial score (nSPS) is 17.6. The quantitative estimate of drug-likeness (QED) is 0.207. The SMILES string of the molecule is CCCN1CCN(CC(O)COc2ccccc2OC)CC1.COC(=O)C1=C(C)NC(C)=CC1c1cccc([N+](=O)[O-])c1.Cl. The van der Waals surface area contributed by atoms with E-state index in [1.165, 1.54) is 32.2 Å². The van der Waals surface area contributed by atoms with E-state index >= 15 is 0 Å². The smallest absolute Gasteiger partial charge is 0.336 e. The number of halogens is 1. The maximum Gasteiger partial charge on any atom is 0.336 e. The average molecular weight is 633 g/mol. The molecular weight excluding hydrogens is 588 g/mol. The summed E-state index contributed by atoms with van der Waals surface area (Å²) >= 11 is 0. The molecule has 2 aliphatic rings. The molecule has 2 atom stereocenters. The number of allylic oxidation sites excluding steroid dienone is 3. The third-order valence-corrected chi connectivity index (χ3v) is 7.34. The van der Waals surface area contributed by atoms with E-state index in [0.717, 1.165) is 31.9 Å². The number of dihydropyridines is 1. The Labute approximate surface area is 266 Å². The van der Waals surface area contributed by atoms with Gasteiger partial charge in [-0.1, -0.05) is 37.3 Å². The first-order chi connectivity index (χ1) is 20.7. The number of aliphatic hydroxyl groups excluding tert-OH is 1. The molecule has 2 aliphatic heterocycles.